The van der Waals surface area contributed by atoms with Gasteiger partial charge in [0.1, 0.15) is 5.82 Å². The molecular formula is C14H12N4. The molecule has 4 nitrogen and oxygen atoms in total. The molecule has 0 spiro atoms. The third-order valence-electron chi connectivity index (χ3n) is 2.73. The zero-order valence-electron chi connectivity index (χ0n) is 9.96. The number of nitrogens with zero attached hydrogens (tertiary/aromatic N) is 3. The van der Waals surface area contributed by atoms with Gasteiger partial charge in [0.15, 0.2) is 0 Å². The second kappa shape index (κ2) is 4.41. The maximum atomic E-state index is 4.37. The highest BCUT2D eigenvalue weighted by Crippen LogP contribution is 2.20. The van der Waals surface area contributed by atoms with Crippen molar-refractivity contribution in [3.8, 4) is 22.6 Å². The van der Waals surface area contributed by atoms with E-state index < -0.39 is 0 Å². The molecule has 0 aromatic carbocycles. The molecule has 0 unspecified atom stereocenters. The van der Waals surface area contributed by atoms with Crippen molar-refractivity contribution in [2.24, 2.45) is 0 Å². The van der Waals surface area contributed by atoms with Crippen LogP contribution in [0.1, 0.15) is 5.69 Å². The molecule has 1 N–H and O–H groups in total. The maximum absolute atomic E-state index is 4.37. The molecule has 0 bridgehead atoms. The van der Waals surface area contributed by atoms with Gasteiger partial charge in [-0.2, -0.15) is 0 Å². The molecule has 0 fully saturated rings. The molecule has 0 saturated heterocycles. The molecule has 0 atom stereocenters. The van der Waals surface area contributed by atoms with E-state index >= 15 is 0 Å². The minimum absolute atomic E-state index is 0.821. The molecule has 0 aliphatic heterocycles. The average molecular weight is 236 g/mol. The first-order chi connectivity index (χ1) is 8.83. The molecule has 3 aromatic heterocycles. The van der Waals surface area contributed by atoms with E-state index in [1.807, 2.05) is 49.8 Å². The van der Waals surface area contributed by atoms with Crippen LogP contribution in [0.4, 0.5) is 0 Å². The van der Waals surface area contributed by atoms with Gasteiger partial charge in [-0.25, -0.2) is 4.98 Å². The summed E-state index contributed by atoms with van der Waals surface area (Å²) in [5, 5.41) is 0. The van der Waals surface area contributed by atoms with Crippen molar-refractivity contribution >= 4 is 0 Å². The molecule has 3 heterocycles. The van der Waals surface area contributed by atoms with Crippen LogP contribution in [0, 0.1) is 6.92 Å². The van der Waals surface area contributed by atoms with Crippen molar-refractivity contribution in [3.05, 3.63) is 54.7 Å². The summed E-state index contributed by atoms with van der Waals surface area (Å²) < 4.78 is 0. The summed E-state index contributed by atoms with van der Waals surface area (Å²) in [6, 6.07) is 7.89. The van der Waals surface area contributed by atoms with Crippen molar-refractivity contribution in [2.45, 2.75) is 6.92 Å². The first-order valence-electron chi connectivity index (χ1n) is 5.71. The van der Waals surface area contributed by atoms with Crippen LogP contribution >= 0.6 is 0 Å². The van der Waals surface area contributed by atoms with Gasteiger partial charge in [0, 0.05) is 35.4 Å². The first-order valence-corrected chi connectivity index (χ1v) is 5.71. The standard InChI is InChI=1S/C14H12N4/c1-10-4-5-12(8-16-10)14-17-9-13(18-14)11-3-2-6-15-7-11/h2-9H,1H3,(H,17,18). The number of nitrogens with one attached hydrogen (secondary N) is 1. The lowest BCUT2D eigenvalue weighted by atomic mass is 10.2. The largest absolute Gasteiger partial charge is 0.338 e. The number of aromatic amines is 1. The lowest BCUT2D eigenvalue weighted by Crippen LogP contribution is -1.85. The second-order valence-corrected chi connectivity index (χ2v) is 4.08. The summed E-state index contributed by atoms with van der Waals surface area (Å²) in [7, 11) is 0. The molecule has 88 valence electrons. The van der Waals surface area contributed by atoms with E-state index in [1.54, 1.807) is 6.20 Å². The van der Waals surface area contributed by atoms with Crippen LogP contribution < -0.4 is 0 Å². The highest BCUT2D eigenvalue weighted by atomic mass is 14.9. The fraction of sp³-hybridized carbons (Fsp3) is 0.0714. The fourth-order valence-corrected chi connectivity index (χ4v) is 1.74. The second-order valence-electron chi connectivity index (χ2n) is 4.08. The van der Waals surface area contributed by atoms with Crippen molar-refractivity contribution in [1.29, 1.82) is 0 Å². The molecule has 0 radical (unpaired) electrons. The number of H-pyrrole nitrogens is 1. The highest BCUT2D eigenvalue weighted by molar-refractivity contribution is 5.63. The number of imidazole rings is 1. The zero-order valence-corrected chi connectivity index (χ0v) is 9.96. The Bertz CT molecular complexity index is 641. The third kappa shape index (κ3) is 2.00. The number of hydrogen-bond donors (Lipinski definition) is 1. The Morgan fingerprint density at radius 2 is 1.89 bits per heavy atom. The van der Waals surface area contributed by atoms with Crippen LogP contribution in [-0.4, -0.2) is 19.9 Å². The Labute approximate surface area is 105 Å². The van der Waals surface area contributed by atoms with Crippen LogP contribution in [0.25, 0.3) is 22.6 Å². The Morgan fingerprint density at radius 3 is 2.61 bits per heavy atom. The van der Waals surface area contributed by atoms with Gasteiger partial charge in [0.05, 0.1) is 11.9 Å². The minimum Gasteiger partial charge on any atom is -0.338 e. The molecule has 3 aromatic rings. The van der Waals surface area contributed by atoms with Crippen LogP contribution in [0.15, 0.2) is 49.1 Å². The maximum Gasteiger partial charge on any atom is 0.139 e. The van der Waals surface area contributed by atoms with E-state index in [-0.39, 0.29) is 0 Å². The summed E-state index contributed by atoms with van der Waals surface area (Å²) in [5.74, 6) is 0.821. The third-order valence-corrected chi connectivity index (χ3v) is 2.73. The van der Waals surface area contributed by atoms with Gasteiger partial charge < -0.3 is 4.98 Å². The van der Waals surface area contributed by atoms with Crippen LogP contribution in [0.3, 0.4) is 0 Å². The normalized spacial score (nSPS) is 10.5. The summed E-state index contributed by atoms with van der Waals surface area (Å²) in [6.45, 7) is 1.97. The Morgan fingerprint density at radius 1 is 0.944 bits per heavy atom. The summed E-state index contributed by atoms with van der Waals surface area (Å²) in [5.41, 5.74) is 3.96. The minimum atomic E-state index is 0.821. The number of rotatable bonds is 2. The predicted octanol–water partition coefficient (Wildman–Crippen LogP) is 2.84. The molecule has 3 rings (SSSR count). The smallest absolute Gasteiger partial charge is 0.139 e. The monoisotopic (exact) mass is 236 g/mol. The fourth-order valence-electron chi connectivity index (χ4n) is 1.74. The Hall–Kier alpha value is -2.49. The van der Waals surface area contributed by atoms with Gasteiger partial charge in [-0.1, -0.05) is 0 Å². The SMILES string of the molecule is Cc1ccc(-c2ncc(-c3cccnc3)[nH]2)cn1. The molecular weight excluding hydrogens is 224 g/mol. The van der Waals surface area contributed by atoms with E-state index in [0.717, 1.165) is 28.3 Å². The van der Waals surface area contributed by atoms with E-state index in [9.17, 15) is 0 Å². The number of aromatic nitrogens is 4. The number of aryl methyl sites for hydroxylation is 1. The van der Waals surface area contributed by atoms with Gasteiger partial charge >= 0.3 is 0 Å². The lowest BCUT2D eigenvalue weighted by molar-refractivity contribution is 1.18. The first kappa shape index (κ1) is 10.7. The van der Waals surface area contributed by atoms with Gasteiger partial charge in [-0.15, -0.1) is 0 Å². The van der Waals surface area contributed by atoms with Gasteiger partial charge in [0.25, 0.3) is 0 Å². The summed E-state index contributed by atoms with van der Waals surface area (Å²) in [4.78, 5) is 16.0. The Balaban J connectivity index is 1.97. The summed E-state index contributed by atoms with van der Waals surface area (Å²) >= 11 is 0. The molecule has 0 saturated carbocycles. The van der Waals surface area contributed by atoms with E-state index in [4.69, 9.17) is 0 Å². The topological polar surface area (TPSA) is 54.5 Å². The van der Waals surface area contributed by atoms with Crippen molar-refractivity contribution in [3.63, 3.8) is 0 Å². The van der Waals surface area contributed by atoms with Gasteiger partial charge in [0.2, 0.25) is 0 Å². The highest BCUT2D eigenvalue weighted by Gasteiger charge is 2.05. The van der Waals surface area contributed by atoms with Gasteiger partial charge in [-0.05, 0) is 31.2 Å². The van der Waals surface area contributed by atoms with Crippen LogP contribution in [-0.2, 0) is 0 Å². The van der Waals surface area contributed by atoms with Gasteiger partial charge in [-0.3, -0.25) is 9.97 Å². The number of hydrogen-bond acceptors (Lipinski definition) is 3. The quantitative estimate of drug-likeness (QED) is 0.744. The summed E-state index contributed by atoms with van der Waals surface area (Å²) in [6.07, 6.45) is 7.20. The van der Waals surface area contributed by atoms with Crippen molar-refractivity contribution in [2.75, 3.05) is 0 Å². The molecule has 18 heavy (non-hydrogen) atoms. The van der Waals surface area contributed by atoms with Crippen molar-refractivity contribution in [1.82, 2.24) is 19.9 Å². The average Bonchev–Trinajstić information content (AvgIpc) is 2.90. The van der Waals surface area contributed by atoms with E-state index in [0.29, 0.717) is 0 Å². The molecule has 0 aliphatic rings. The van der Waals surface area contributed by atoms with Crippen LogP contribution in [0.5, 0.6) is 0 Å². The molecule has 0 aliphatic carbocycles. The molecule has 0 amide bonds. The van der Waals surface area contributed by atoms with E-state index in [2.05, 4.69) is 19.9 Å². The molecule has 4 heteroatoms. The number of pyridine rings is 2. The van der Waals surface area contributed by atoms with Crippen molar-refractivity contribution < 1.29 is 0 Å². The van der Waals surface area contributed by atoms with Crippen LogP contribution in [0.2, 0.25) is 0 Å². The zero-order chi connectivity index (χ0) is 12.4. The predicted molar refractivity (Wildman–Crippen MR) is 69.8 cm³/mol. The lowest BCUT2D eigenvalue weighted by Gasteiger charge is -1.97. The Kier molecular flexibility index (Phi) is 2.61. The van der Waals surface area contributed by atoms with E-state index in [1.165, 1.54) is 0 Å².